The molecule has 0 aliphatic heterocycles. The summed E-state index contributed by atoms with van der Waals surface area (Å²) in [6, 6.07) is 7.74. The molecule has 7 heteroatoms. The minimum Gasteiger partial charge on any atom is -0.455 e. The minimum absolute atomic E-state index is 0.0118. The predicted octanol–water partition coefficient (Wildman–Crippen LogP) is 2.72. The maximum absolute atomic E-state index is 12.4. The van der Waals surface area contributed by atoms with Crippen molar-refractivity contribution in [1.82, 2.24) is 14.8 Å². The van der Waals surface area contributed by atoms with E-state index in [4.69, 9.17) is 9.15 Å². The molecule has 0 aliphatic rings. The van der Waals surface area contributed by atoms with Crippen LogP contribution in [0, 0.1) is 20.8 Å². The molecule has 3 rings (SSSR count). The van der Waals surface area contributed by atoms with E-state index < -0.39 is 11.5 Å². The fourth-order valence-corrected chi connectivity index (χ4v) is 2.50. The second-order valence-corrected chi connectivity index (χ2v) is 6.10. The molecule has 0 N–H and O–H groups in total. The summed E-state index contributed by atoms with van der Waals surface area (Å²) in [5.74, 6) is -0.253. The van der Waals surface area contributed by atoms with Gasteiger partial charge in [0.2, 0.25) is 5.89 Å². The molecule has 0 aliphatic carbocycles. The predicted molar refractivity (Wildman–Crippen MR) is 94.7 cm³/mol. The van der Waals surface area contributed by atoms with Gasteiger partial charge in [0.25, 0.3) is 5.56 Å². The number of hydrogen-bond acceptors (Lipinski definition) is 6. The van der Waals surface area contributed by atoms with Gasteiger partial charge in [-0.05, 0) is 38.5 Å². The van der Waals surface area contributed by atoms with Crippen LogP contribution < -0.4 is 5.56 Å². The number of benzene rings is 1. The number of carbonyl (C=O) groups excluding carboxylic acids is 1. The monoisotopic (exact) mass is 353 g/mol. The summed E-state index contributed by atoms with van der Waals surface area (Å²) >= 11 is 0. The molecule has 0 saturated heterocycles. The zero-order valence-electron chi connectivity index (χ0n) is 15.1. The van der Waals surface area contributed by atoms with Crippen molar-refractivity contribution in [3.05, 3.63) is 69.0 Å². The molecule has 2 heterocycles. The Morgan fingerprint density at radius 2 is 1.88 bits per heavy atom. The third-order valence-electron chi connectivity index (χ3n) is 4.13. The minimum atomic E-state index is -0.700. The largest absolute Gasteiger partial charge is 0.455 e. The number of esters is 1. The number of oxazole rings is 1. The summed E-state index contributed by atoms with van der Waals surface area (Å²) < 4.78 is 11.8. The van der Waals surface area contributed by atoms with Crippen molar-refractivity contribution in [3.8, 4) is 11.5 Å². The average Bonchev–Trinajstić information content (AvgIpc) is 3.08. The molecule has 2 aromatic heterocycles. The van der Waals surface area contributed by atoms with Gasteiger partial charge in [0, 0.05) is 12.6 Å². The van der Waals surface area contributed by atoms with E-state index in [9.17, 15) is 9.59 Å². The van der Waals surface area contributed by atoms with E-state index >= 15 is 0 Å². The number of nitrogens with zero attached hydrogens (tertiary/aromatic N) is 3. The smallest absolute Gasteiger partial charge is 0.344 e. The van der Waals surface area contributed by atoms with Crippen molar-refractivity contribution < 1.29 is 13.9 Å². The van der Waals surface area contributed by atoms with Crippen LogP contribution >= 0.6 is 0 Å². The van der Waals surface area contributed by atoms with Gasteiger partial charge in [0.1, 0.15) is 24.1 Å². The van der Waals surface area contributed by atoms with Crippen molar-refractivity contribution >= 4 is 5.97 Å². The maximum Gasteiger partial charge on any atom is 0.344 e. The summed E-state index contributed by atoms with van der Waals surface area (Å²) in [5.41, 5.74) is 3.05. The lowest BCUT2D eigenvalue weighted by molar-refractivity contribution is 0.0463. The molecule has 0 spiro atoms. The summed E-state index contributed by atoms with van der Waals surface area (Å²) in [4.78, 5) is 28.8. The SMILES string of the molecule is Cc1ccc(-c2nc(COC(=O)c3c(C)c(C)nn(C)c3=O)co2)cc1. The van der Waals surface area contributed by atoms with Crippen LogP contribution in [-0.4, -0.2) is 20.7 Å². The number of aryl methyl sites for hydroxylation is 3. The molecule has 0 bridgehead atoms. The van der Waals surface area contributed by atoms with Crippen LogP contribution in [0.4, 0.5) is 0 Å². The van der Waals surface area contributed by atoms with Crippen molar-refractivity contribution in [2.45, 2.75) is 27.4 Å². The second kappa shape index (κ2) is 6.95. The third kappa shape index (κ3) is 3.42. The Balaban J connectivity index is 1.75. The number of ether oxygens (including phenoxy) is 1. The van der Waals surface area contributed by atoms with Crippen LogP contribution in [0.5, 0.6) is 0 Å². The molecule has 1 aromatic carbocycles. The van der Waals surface area contributed by atoms with Gasteiger partial charge in [-0.3, -0.25) is 4.79 Å². The zero-order chi connectivity index (χ0) is 18.8. The lowest BCUT2D eigenvalue weighted by atomic mass is 10.1. The van der Waals surface area contributed by atoms with E-state index in [1.807, 2.05) is 31.2 Å². The molecule has 134 valence electrons. The molecule has 3 aromatic rings. The molecule has 0 fully saturated rings. The Morgan fingerprint density at radius 1 is 1.19 bits per heavy atom. The first-order chi connectivity index (χ1) is 12.4. The van der Waals surface area contributed by atoms with Crippen molar-refractivity contribution in [1.29, 1.82) is 0 Å². The molecule has 7 nitrogen and oxygen atoms in total. The van der Waals surface area contributed by atoms with E-state index in [-0.39, 0.29) is 12.2 Å². The van der Waals surface area contributed by atoms with Gasteiger partial charge in [-0.15, -0.1) is 0 Å². The van der Waals surface area contributed by atoms with Gasteiger partial charge in [0.15, 0.2) is 0 Å². The van der Waals surface area contributed by atoms with Crippen LogP contribution in [-0.2, 0) is 18.4 Å². The first kappa shape index (κ1) is 17.6. The zero-order valence-corrected chi connectivity index (χ0v) is 15.1. The first-order valence-electron chi connectivity index (χ1n) is 8.10. The standard InChI is InChI=1S/C19H19N3O4/c1-11-5-7-14(8-6-11)17-20-15(9-25-17)10-26-19(24)16-12(2)13(3)21-22(4)18(16)23/h5-9H,10H2,1-4H3. The van der Waals surface area contributed by atoms with E-state index in [0.29, 0.717) is 22.8 Å². The highest BCUT2D eigenvalue weighted by molar-refractivity contribution is 5.90. The molecular weight excluding hydrogens is 334 g/mol. The molecule has 0 unspecified atom stereocenters. The van der Waals surface area contributed by atoms with Crippen LogP contribution in [0.3, 0.4) is 0 Å². The first-order valence-corrected chi connectivity index (χ1v) is 8.10. The van der Waals surface area contributed by atoms with Gasteiger partial charge in [-0.1, -0.05) is 17.7 Å². The molecule has 0 amide bonds. The Morgan fingerprint density at radius 3 is 2.58 bits per heavy atom. The van der Waals surface area contributed by atoms with E-state index in [2.05, 4.69) is 10.1 Å². The van der Waals surface area contributed by atoms with E-state index in [0.717, 1.165) is 15.8 Å². The highest BCUT2D eigenvalue weighted by Crippen LogP contribution is 2.19. The van der Waals surface area contributed by atoms with Crippen molar-refractivity contribution in [3.63, 3.8) is 0 Å². The Kier molecular flexibility index (Phi) is 4.71. The summed E-state index contributed by atoms with van der Waals surface area (Å²) in [6.07, 6.45) is 1.44. The molecule has 0 saturated carbocycles. The van der Waals surface area contributed by atoms with Gasteiger partial charge in [0.05, 0.1) is 5.69 Å². The lowest BCUT2D eigenvalue weighted by Gasteiger charge is -2.08. The third-order valence-corrected chi connectivity index (χ3v) is 4.13. The second-order valence-electron chi connectivity index (χ2n) is 6.10. The summed E-state index contributed by atoms with van der Waals surface area (Å²) in [5, 5.41) is 4.05. The van der Waals surface area contributed by atoms with Gasteiger partial charge < -0.3 is 9.15 Å². The highest BCUT2D eigenvalue weighted by atomic mass is 16.5. The molecule has 0 radical (unpaired) electrons. The molecule has 0 atom stereocenters. The van der Waals surface area contributed by atoms with Crippen LogP contribution in [0.25, 0.3) is 11.5 Å². The highest BCUT2D eigenvalue weighted by Gasteiger charge is 2.20. The normalized spacial score (nSPS) is 10.8. The number of rotatable bonds is 4. The van der Waals surface area contributed by atoms with E-state index in [1.54, 1.807) is 13.8 Å². The van der Waals surface area contributed by atoms with Crippen molar-refractivity contribution in [2.75, 3.05) is 0 Å². The Labute approximate surface area is 150 Å². The van der Waals surface area contributed by atoms with Crippen LogP contribution in [0.1, 0.15) is 32.9 Å². The lowest BCUT2D eigenvalue weighted by Crippen LogP contribution is -2.29. The van der Waals surface area contributed by atoms with Crippen LogP contribution in [0.2, 0.25) is 0 Å². The fourth-order valence-electron chi connectivity index (χ4n) is 2.50. The average molecular weight is 353 g/mol. The quantitative estimate of drug-likeness (QED) is 0.670. The van der Waals surface area contributed by atoms with Crippen LogP contribution in [0.15, 0.2) is 39.7 Å². The van der Waals surface area contributed by atoms with E-state index in [1.165, 1.54) is 13.3 Å². The summed E-state index contributed by atoms with van der Waals surface area (Å²) in [7, 11) is 1.50. The Bertz CT molecular complexity index is 1020. The number of hydrogen-bond donors (Lipinski definition) is 0. The fraction of sp³-hybridized carbons (Fsp3) is 0.263. The topological polar surface area (TPSA) is 87.2 Å². The van der Waals surface area contributed by atoms with Gasteiger partial charge >= 0.3 is 5.97 Å². The van der Waals surface area contributed by atoms with Crippen molar-refractivity contribution in [2.24, 2.45) is 7.05 Å². The molecule has 26 heavy (non-hydrogen) atoms. The Hall–Kier alpha value is -3.22. The number of aromatic nitrogens is 3. The number of carbonyl (C=O) groups is 1. The van der Waals surface area contributed by atoms with Gasteiger partial charge in [-0.25, -0.2) is 14.5 Å². The van der Waals surface area contributed by atoms with Gasteiger partial charge in [-0.2, -0.15) is 5.10 Å². The molecular formula is C19H19N3O4. The summed E-state index contributed by atoms with van der Waals surface area (Å²) in [6.45, 7) is 5.32. The maximum atomic E-state index is 12.4.